The molecule has 0 aliphatic carbocycles. The van der Waals surface area contributed by atoms with Crippen molar-refractivity contribution in [1.82, 2.24) is 10.2 Å². The Morgan fingerprint density at radius 2 is 1.95 bits per heavy atom. The van der Waals surface area contributed by atoms with Crippen LogP contribution in [0.15, 0.2) is 4.90 Å². The molecule has 0 aliphatic heterocycles. The number of aromatic nitrogens is 2. The first-order valence-electron chi connectivity index (χ1n) is 6.34. The molecular weight excluding hydrogens is 304 g/mol. The van der Waals surface area contributed by atoms with Crippen LogP contribution in [0.4, 0.5) is 0 Å². The third kappa shape index (κ3) is 4.21. The average molecular weight is 323 g/mol. The number of nitrogens with zero attached hydrogens (tertiary/aromatic N) is 1. The van der Waals surface area contributed by atoms with E-state index in [1.807, 2.05) is 13.8 Å². The van der Waals surface area contributed by atoms with Crippen molar-refractivity contribution in [3.8, 4) is 0 Å². The van der Waals surface area contributed by atoms with Crippen LogP contribution in [0.25, 0.3) is 0 Å². The zero-order valence-electron chi connectivity index (χ0n) is 11.9. The molecule has 1 aromatic heterocycles. The van der Waals surface area contributed by atoms with E-state index >= 15 is 0 Å². The lowest BCUT2D eigenvalue weighted by molar-refractivity contribution is 0.0476. The lowest BCUT2D eigenvalue weighted by Gasteiger charge is -2.07. The fourth-order valence-electron chi connectivity index (χ4n) is 1.58. The van der Waals surface area contributed by atoms with Crippen LogP contribution < -0.4 is 0 Å². The summed E-state index contributed by atoms with van der Waals surface area (Å²) in [5.41, 5.74) is 0.0169. The molecule has 0 saturated heterocycles. The van der Waals surface area contributed by atoms with Crippen LogP contribution >= 0.6 is 10.7 Å². The van der Waals surface area contributed by atoms with Gasteiger partial charge in [0.05, 0.1) is 12.3 Å². The summed E-state index contributed by atoms with van der Waals surface area (Å²) in [6.45, 7) is 7.74. The normalized spacial score (nSPS) is 12.2. The zero-order chi connectivity index (χ0) is 15.5. The van der Waals surface area contributed by atoms with Crippen molar-refractivity contribution < 1.29 is 17.9 Å². The number of ether oxygens (including phenoxy) is 1. The molecule has 0 saturated carbocycles. The zero-order valence-corrected chi connectivity index (χ0v) is 13.5. The Morgan fingerprint density at radius 1 is 1.35 bits per heavy atom. The van der Waals surface area contributed by atoms with Gasteiger partial charge in [0.1, 0.15) is 4.90 Å². The van der Waals surface area contributed by atoms with Crippen LogP contribution in [-0.4, -0.2) is 31.2 Å². The predicted molar refractivity (Wildman–Crippen MR) is 75.5 cm³/mol. The minimum absolute atomic E-state index is 0.164. The monoisotopic (exact) mass is 322 g/mol. The quantitative estimate of drug-likeness (QED) is 0.642. The number of H-pyrrole nitrogens is 1. The molecule has 0 aliphatic rings. The second-order valence-corrected chi connectivity index (χ2v) is 7.73. The van der Waals surface area contributed by atoms with Crippen LogP contribution in [0, 0.1) is 5.92 Å². The SMILES string of the molecule is CC(C)CCOC(=O)c1n[nH]c(C(C)C)c1S(=O)(=O)Cl. The summed E-state index contributed by atoms with van der Waals surface area (Å²) in [6, 6.07) is 0. The van der Waals surface area contributed by atoms with E-state index in [4.69, 9.17) is 15.4 Å². The second kappa shape index (κ2) is 6.58. The summed E-state index contributed by atoms with van der Waals surface area (Å²) in [5.74, 6) is -0.569. The average Bonchev–Trinajstić information content (AvgIpc) is 2.72. The Bertz CT molecular complexity index is 578. The van der Waals surface area contributed by atoms with Gasteiger partial charge in [0, 0.05) is 10.7 Å². The summed E-state index contributed by atoms with van der Waals surface area (Å²) in [7, 11) is 1.31. The first-order chi connectivity index (χ1) is 9.14. The number of carbonyl (C=O) groups is 1. The van der Waals surface area contributed by atoms with E-state index in [2.05, 4.69) is 10.2 Å². The first-order valence-corrected chi connectivity index (χ1v) is 8.65. The Labute approximate surface area is 123 Å². The number of carbonyl (C=O) groups excluding carboxylic acids is 1. The highest BCUT2D eigenvalue weighted by atomic mass is 35.7. The maximum absolute atomic E-state index is 11.9. The van der Waals surface area contributed by atoms with Crippen molar-refractivity contribution in [2.24, 2.45) is 5.92 Å². The van der Waals surface area contributed by atoms with Crippen LogP contribution in [0.2, 0.25) is 0 Å². The van der Waals surface area contributed by atoms with E-state index in [-0.39, 0.29) is 23.1 Å². The highest BCUT2D eigenvalue weighted by molar-refractivity contribution is 8.13. The van der Waals surface area contributed by atoms with E-state index in [9.17, 15) is 13.2 Å². The van der Waals surface area contributed by atoms with Gasteiger partial charge in [-0.05, 0) is 18.3 Å². The van der Waals surface area contributed by atoms with Crippen LogP contribution in [0.1, 0.15) is 56.2 Å². The molecule has 0 spiro atoms. The van der Waals surface area contributed by atoms with Gasteiger partial charge in [0.2, 0.25) is 0 Å². The van der Waals surface area contributed by atoms with E-state index in [1.54, 1.807) is 13.8 Å². The summed E-state index contributed by atoms with van der Waals surface area (Å²) in [4.78, 5) is 11.6. The second-order valence-electron chi connectivity index (χ2n) is 5.23. The lowest BCUT2D eigenvalue weighted by Crippen LogP contribution is -2.12. The van der Waals surface area contributed by atoms with Gasteiger partial charge in [0.25, 0.3) is 9.05 Å². The number of nitrogens with one attached hydrogen (secondary N) is 1. The summed E-state index contributed by atoms with van der Waals surface area (Å²) in [5, 5.41) is 6.28. The maximum atomic E-state index is 11.9. The summed E-state index contributed by atoms with van der Waals surface area (Å²) < 4.78 is 28.3. The molecule has 0 aromatic carbocycles. The van der Waals surface area contributed by atoms with Gasteiger partial charge in [-0.2, -0.15) is 5.10 Å². The first kappa shape index (κ1) is 17.0. The Kier molecular flexibility index (Phi) is 5.59. The van der Waals surface area contributed by atoms with Gasteiger partial charge in [0.15, 0.2) is 5.69 Å². The van der Waals surface area contributed by atoms with Crippen molar-refractivity contribution in [3.05, 3.63) is 11.4 Å². The van der Waals surface area contributed by atoms with Gasteiger partial charge in [-0.1, -0.05) is 27.7 Å². The van der Waals surface area contributed by atoms with E-state index in [0.717, 1.165) is 0 Å². The lowest BCUT2D eigenvalue weighted by atomic mass is 10.1. The Hall–Kier alpha value is -1.08. The Balaban J connectivity index is 3.04. The number of rotatable bonds is 6. The number of hydrogen-bond acceptors (Lipinski definition) is 5. The molecule has 0 unspecified atom stereocenters. The van der Waals surface area contributed by atoms with Crippen LogP contribution in [0.3, 0.4) is 0 Å². The smallest absolute Gasteiger partial charge is 0.360 e. The molecule has 1 rings (SSSR count). The molecule has 1 aromatic rings. The van der Waals surface area contributed by atoms with Crippen LogP contribution in [0.5, 0.6) is 0 Å². The summed E-state index contributed by atoms with van der Waals surface area (Å²) in [6.07, 6.45) is 0.691. The highest BCUT2D eigenvalue weighted by Gasteiger charge is 2.30. The van der Waals surface area contributed by atoms with E-state index < -0.39 is 15.0 Å². The predicted octanol–water partition coefficient (Wildman–Crippen LogP) is 2.66. The number of esters is 1. The third-order valence-electron chi connectivity index (χ3n) is 2.69. The standard InChI is InChI=1S/C12H19ClN2O4S/c1-7(2)5-6-19-12(16)10-11(20(13,17)18)9(8(3)4)14-15-10/h7-8H,5-6H2,1-4H3,(H,14,15). The molecule has 0 radical (unpaired) electrons. The van der Waals surface area contributed by atoms with Crippen molar-refractivity contribution in [1.29, 1.82) is 0 Å². The van der Waals surface area contributed by atoms with Crippen molar-refractivity contribution >= 4 is 25.7 Å². The molecule has 8 heteroatoms. The molecule has 0 bridgehead atoms. The Morgan fingerprint density at radius 3 is 2.40 bits per heavy atom. The topological polar surface area (TPSA) is 89.1 Å². The van der Waals surface area contributed by atoms with Gasteiger partial charge in [-0.3, -0.25) is 5.10 Å². The third-order valence-corrected chi connectivity index (χ3v) is 4.05. The van der Waals surface area contributed by atoms with Crippen molar-refractivity contribution in [3.63, 3.8) is 0 Å². The van der Waals surface area contributed by atoms with Crippen molar-refractivity contribution in [2.45, 2.75) is 44.9 Å². The number of aromatic amines is 1. The molecular formula is C12H19ClN2O4S. The van der Waals surface area contributed by atoms with Crippen molar-refractivity contribution in [2.75, 3.05) is 6.61 Å². The van der Waals surface area contributed by atoms with E-state index in [1.165, 1.54) is 0 Å². The largest absolute Gasteiger partial charge is 0.461 e. The minimum Gasteiger partial charge on any atom is -0.461 e. The van der Waals surface area contributed by atoms with Gasteiger partial charge in [-0.15, -0.1) is 0 Å². The fraction of sp³-hybridized carbons (Fsp3) is 0.667. The molecule has 1 N–H and O–H groups in total. The van der Waals surface area contributed by atoms with Crippen LogP contribution in [-0.2, 0) is 13.8 Å². The van der Waals surface area contributed by atoms with Gasteiger partial charge < -0.3 is 4.74 Å². The molecule has 0 amide bonds. The highest BCUT2D eigenvalue weighted by Crippen LogP contribution is 2.28. The fourth-order valence-corrected chi connectivity index (χ4v) is 2.95. The molecule has 0 atom stereocenters. The van der Waals surface area contributed by atoms with E-state index in [0.29, 0.717) is 18.0 Å². The molecule has 6 nitrogen and oxygen atoms in total. The molecule has 1 heterocycles. The molecule has 20 heavy (non-hydrogen) atoms. The van der Waals surface area contributed by atoms with Gasteiger partial charge in [-0.25, -0.2) is 13.2 Å². The molecule has 114 valence electrons. The minimum atomic E-state index is -4.07. The van der Waals surface area contributed by atoms with Gasteiger partial charge >= 0.3 is 5.97 Å². The number of hydrogen-bond donors (Lipinski definition) is 1. The maximum Gasteiger partial charge on any atom is 0.360 e. The number of halogens is 1. The summed E-state index contributed by atoms with van der Waals surface area (Å²) >= 11 is 0. The molecule has 0 fully saturated rings.